The first-order chi connectivity index (χ1) is 5.77. The monoisotopic (exact) mass is 169 g/mol. The smallest absolute Gasteiger partial charge is 0.113 e. The van der Waals surface area contributed by atoms with Crippen molar-refractivity contribution in [2.24, 2.45) is 5.92 Å². The first-order valence-corrected chi connectivity index (χ1v) is 5.17. The third kappa shape index (κ3) is 1.50. The zero-order chi connectivity index (χ0) is 8.55. The summed E-state index contributed by atoms with van der Waals surface area (Å²) in [6.45, 7) is 7.01. The molecule has 0 saturated carbocycles. The molecule has 0 unspecified atom stereocenters. The van der Waals surface area contributed by atoms with Crippen molar-refractivity contribution in [1.29, 1.82) is 0 Å². The van der Waals surface area contributed by atoms with Gasteiger partial charge in [0.25, 0.3) is 0 Å². The van der Waals surface area contributed by atoms with Crippen LogP contribution >= 0.6 is 0 Å². The molecule has 0 aliphatic carbocycles. The van der Waals surface area contributed by atoms with Crippen LogP contribution in [0.3, 0.4) is 0 Å². The van der Waals surface area contributed by atoms with Crippen LogP contribution in [-0.4, -0.2) is 30.3 Å². The Bertz CT molecular complexity index is 160. The van der Waals surface area contributed by atoms with Crippen molar-refractivity contribution in [1.82, 2.24) is 4.90 Å². The van der Waals surface area contributed by atoms with E-state index < -0.39 is 0 Å². The SMILES string of the molecule is C[C@H]1CCN2CCC[C@H](C)[C@H]2O1. The zero-order valence-corrected chi connectivity index (χ0v) is 8.12. The number of ether oxygens (including phenoxy) is 1. The summed E-state index contributed by atoms with van der Waals surface area (Å²) < 4.78 is 5.93. The van der Waals surface area contributed by atoms with E-state index in [1.165, 1.54) is 32.4 Å². The summed E-state index contributed by atoms with van der Waals surface area (Å²) >= 11 is 0. The van der Waals surface area contributed by atoms with Crippen molar-refractivity contribution in [3.8, 4) is 0 Å². The molecule has 2 aliphatic rings. The standard InChI is InChI=1S/C10H19NO/c1-8-4-3-6-11-7-5-9(2)12-10(8)11/h8-10H,3-7H2,1-2H3/t8-,9-,10+/m0/s1. The highest BCUT2D eigenvalue weighted by Crippen LogP contribution is 2.28. The van der Waals surface area contributed by atoms with Gasteiger partial charge in [-0.25, -0.2) is 0 Å². The minimum atomic E-state index is 0.433. The molecule has 0 bridgehead atoms. The predicted octanol–water partition coefficient (Wildman–Crippen LogP) is 1.85. The lowest BCUT2D eigenvalue weighted by atomic mass is 9.96. The first-order valence-electron chi connectivity index (χ1n) is 5.17. The number of piperidine rings is 1. The van der Waals surface area contributed by atoms with Crippen LogP contribution in [0, 0.1) is 5.92 Å². The van der Waals surface area contributed by atoms with Gasteiger partial charge in [-0.1, -0.05) is 6.92 Å². The number of nitrogens with zero attached hydrogens (tertiary/aromatic N) is 1. The summed E-state index contributed by atoms with van der Waals surface area (Å²) in [5.74, 6) is 0.737. The van der Waals surface area contributed by atoms with Crippen LogP contribution in [0.25, 0.3) is 0 Å². The summed E-state index contributed by atoms with van der Waals surface area (Å²) in [6, 6.07) is 0. The van der Waals surface area contributed by atoms with E-state index in [4.69, 9.17) is 4.74 Å². The molecular formula is C10H19NO. The van der Waals surface area contributed by atoms with Crippen molar-refractivity contribution in [2.45, 2.75) is 45.4 Å². The van der Waals surface area contributed by atoms with Gasteiger partial charge in [0, 0.05) is 13.1 Å². The molecular weight excluding hydrogens is 150 g/mol. The highest BCUT2D eigenvalue weighted by atomic mass is 16.5. The molecule has 2 fully saturated rings. The normalized spacial score (nSPS) is 44.0. The maximum atomic E-state index is 5.93. The largest absolute Gasteiger partial charge is 0.360 e. The third-order valence-corrected chi connectivity index (χ3v) is 3.15. The fourth-order valence-electron chi connectivity index (χ4n) is 2.36. The molecule has 0 amide bonds. The molecule has 0 aromatic rings. The lowest BCUT2D eigenvalue weighted by Crippen LogP contribution is -2.51. The summed E-state index contributed by atoms with van der Waals surface area (Å²) in [6.07, 6.45) is 4.82. The molecule has 70 valence electrons. The average Bonchev–Trinajstić information content (AvgIpc) is 2.07. The predicted molar refractivity (Wildman–Crippen MR) is 48.9 cm³/mol. The molecule has 2 heteroatoms. The van der Waals surface area contributed by atoms with E-state index in [0.717, 1.165) is 5.92 Å². The molecule has 2 nitrogen and oxygen atoms in total. The van der Waals surface area contributed by atoms with Gasteiger partial charge in [0.05, 0.1) is 6.10 Å². The Morgan fingerprint density at radius 2 is 2.00 bits per heavy atom. The fraction of sp³-hybridized carbons (Fsp3) is 1.00. The molecule has 0 spiro atoms. The van der Waals surface area contributed by atoms with Gasteiger partial charge in [0.15, 0.2) is 0 Å². The molecule has 2 rings (SSSR count). The maximum Gasteiger partial charge on any atom is 0.113 e. The summed E-state index contributed by atoms with van der Waals surface area (Å²) in [7, 11) is 0. The van der Waals surface area contributed by atoms with E-state index in [-0.39, 0.29) is 0 Å². The van der Waals surface area contributed by atoms with E-state index in [2.05, 4.69) is 18.7 Å². The zero-order valence-electron chi connectivity index (χ0n) is 8.12. The number of hydrogen-bond acceptors (Lipinski definition) is 2. The lowest BCUT2D eigenvalue weighted by molar-refractivity contribution is -0.170. The number of fused-ring (bicyclic) bond motifs is 1. The second-order valence-electron chi connectivity index (χ2n) is 4.28. The molecule has 0 aromatic carbocycles. The average molecular weight is 169 g/mol. The van der Waals surface area contributed by atoms with Gasteiger partial charge >= 0.3 is 0 Å². The Morgan fingerprint density at radius 1 is 1.17 bits per heavy atom. The second kappa shape index (κ2) is 3.35. The van der Waals surface area contributed by atoms with Crippen LogP contribution < -0.4 is 0 Å². The van der Waals surface area contributed by atoms with E-state index in [0.29, 0.717) is 12.3 Å². The molecule has 0 aromatic heterocycles. The minimum absolute atomic E-state index is 0.433. The molecule has 0 N–H and O–H groups in total. The Labute approximate surface area is 74.9 Å². The van der Waals surface area contributed by atoms with Crippen molar-refractivity contribution >= 4 is 0 Å². The van der Waals surface area contributed by atoms with Gasteiger partial charge in [-0.15, -0.1) is 0 Å². The van der Waals surface area contributed by atoms with Crippen LogP contribution in [0.1, 0.15) is 33.1 Å². The van der Waals surface area contributed by atoms with E-state index in [1.54, 1.807) is 0 Å². The van der Waals surface area contributed by atoms with E-state index in [9.17, 15) is 0 Å². The fourth-order valence-corrected chi connectivity index (χ4v) is 2.36. The minimum Gasteiger partial charge on any atom is -0.360 e. The van der Waals surface area contributed by atoms with Gasteiger partial charge in [-0.2, -0.15) is 0 Å². The number of rotatable bonds is 0. The first kappa shape index (κ1) is 8.52. The van der Waals surface area contributed by atoms with Gasteiger partial charge < -0.3 is 4.74 Å². The lowest BCUT2D eigenvalue weighted by Gasteiger charge is -2.44. The van der Waals surface area contributed by atoms with Crippen LogP contribution in [0.15, 0.2) is 0 Å². The van der Waals surface area contributed by atoms with E-state index >= 15 is 0 Å². The third-order valence-electron chi connectivity index (χ3n) is 3.15. The molecule has 2 saturated heterocycles. The Hall–Kier alpha value is -0.0800. The molecule has 2 aliphatic heterocycles. The molecule has 3 atom stereocenters. The number of hydrogen-bond donors (Lipinski definition) is 0. The van der Waals surface area contributed by atoms with Crippen molar-refractivity contribution in [2.75, 3.05) is 13.1 Å². The summed E-state index contributed by atoms with van der Waals surface area (Å²) in [4.78, 5) is 2.51. The van der Waals surface area contributed by atoms with Crippen LogP contribution in [-0.2, 0) is 4.74 Å². The second-order valence-corrected chi connectivity index (χ2v) is 4.28. The summed E-state index contributed by atoms with van der Waals surface area (Å²) in [5.41, 5.74) is 0. The van der Waals surface area contributed by atoms with Crippen molar-refractivity contribution < 1.29 is 4.74 Å². The quantitative estimate of drug-likeness (QED) is 0.549. The topological polar surface area (TPSA) is 12.5 Å². The van der Waals surface area contributed by atoms with Crippen molar-refractivity contribution in [3.63, 3.8) is 0 Å². The van der Waals surface area contributed by atoms with Gasteiger partial charge in [0.1, 0.15) is 6.23 Å². The molecule has 2 heterocycles. The van der Waals surface area contributed by atoms with Crippen LogP contribution in [0.4, 0.5) is 0 Å². The van der Waals surface area contributed by atoms with Gasteiger partial charge in [-0.3, -0.25) is 4.90 Å². The van der Waals surface area contributed by atoms with Crippen LogP contribution in [0.5, 0.6) is 0 Å². The van der Waals surface area contributed by atoms with Gasteiger partial charge in [-0.05, 0) is 32.1 Å². The Morgan fingerprint density at radius 3 is 2.83 bits per heavy atom. The molecule has 0 radical (unpaired) electrons. The van der Waals surface area contributed by atoms with Gasteiger partial charge in [0.2, 0.25) is 0 Å². The van der Waals surface area contributed by atoms with Crippen LogP contribution in [0.2, 0.25) is 0 Å². The van der Waals surface area contributed by atoms with Crippen molar-refractivity contribution in [3.05, 3.63) is 0 Å². The van der Waals surface area contributed by atoms with E-state index in [1.807, 2.05) is 0 Å². The summed E-state index contributed by atoms with van der Waals surface area (Å²) in [5, 5.41) is 0. The molecule has 12 heavy (non-hydrogen) atoms. The highest BCUT2D eigenvalue weighted by molar-refractivity contribution is 4.80. The highest BCUT2D eigenvalue weighted by Gasteiger charge is 2.33. The Balaban J connectivity index is 2.00. The maximum absolute atomic E-state index is 5.93. The Kier molecular flexibility index (Phi) is 2.37.